The van der Waals surface area contributed by atoms with Gasteiger partial charge in [0.15, 0.2) is 11.5 Å². The van der Waals surface area contributed by atoms with Crippen molar-refractivity contribution in [3.05, 3.63) is 78.0 Å². The zero-order valence-electron chi connectivity index (χ0n) is 23.2. The quantitative estimate of drug-likeness (QED) is 0.297. The van der Waals surface area contributed by atoms with Gasteiger partial charge >= 0.3 is 6.03 Å². The highest BCUT2D eigenvalue weighted by Crippen LogP contribution is 2.47. The number of hydrogen-bond acceptors (Lipinski definition) is 5. The van der Waals surface area contributed by atoms with Gasteiger partial charge in [-0.1, -0.05) is 44.2 Å². The normalized spacial score (nSPS) is 16.2. The summed E-state index contributed by atoms with van der Waals surface area (Å²) in [5, 5.41) is 7.80. The molecule has 0 saturated heterocycles. The molecule has 0 unspecified atom stereocenters. The third-order valence-corrected chi connectivity index (χ3v) is 7.00. The van der Waals surface area contributed by atoms with Crippen molar-refractivity contribution in [3.8, 4) is 39.6 Å². The molecule has 6 rings (SSSR count). The summed E-state index contributed by atoms with van der Waals surface area (Å²) in [6, 6.07) is 19.4. The van der Waals surface area contributed by atoms with Gasteiger partial charge in [0, 0.05) is 54.4 Å². The number of anilines is 1. The molecule has 2 aliphatic rings. The molecule has 0 aliphatic carbocycles. The Balaban J connectivity index is 1.39. The van der Waals surface area contributed by atoms with E-state index in [2.05, 4.69) is 39.1 Å². The van der Waals surface area contributed by atoms with Crippen molar-refractivity contribution in [1.29, 1.82) is 0 Å². The Bertz CT molecular complexity index is 1580. The Hall–Kier alpha value is -4.26. The van der Waals surface area contributed by atoms with Crippen LogP contribution in [0.3, 0.4) is 0 Å². The van der Waals surface area contributed by atoms with Gasteiger partial charge in [0.05, 0.1) is 0 Å². The highest BCUT2D eigenvalue weighted by molar-refractivity contribution is 5.93. The van der Waals surface area contributed by atoms with Crippen molar-refractivity contribution in [1.82, 2.24) is 9.78 Å². The summed E-state index contributed by atoms with van der Waals surface area (Å²) in [6.45, 7) is 12.2. The molecule has 1 amide bonds. The van der Waals surface area contributed by atoms with Crippen LogP contribution >= 0.6 is 0 Å². The number of aromatic nitrogens is 2. The third-order valence-electron chi connectivity index (χ3n) is 7.00. The van der Waals surface area contributed by atoms with Crippen LogP contribution in [0.15, 0.2) is 66.9 Å². The molecule has 39 heavy (non-hydrogen) atoms. The molecule has 0 atom stereocenters. The van der Waals surface area contributed by atoms with E-state index in [4.69, 9.17) is 19.3 Å². The summed E-state index contributed by atoms with van der Waals surface area (Å²) in [4.78, 5) is 13.4. The van der Waals surface area contributed by atoms with E-state index >= 15 is 0 Å². The molecule has 0 radical (unpaired) electrons. The molecule has 0 fully saturated rings. The summed E-state index contributed by atoms with van der Waals surface area (Å²) in [7, 11) is 0. The van der Waals surface area contributed by atoms with Crippen LogP contribution in [-0.2, 0) is 6.42 Å². The Labute approximate surface area is 228 Å². The standard InChI is InChI=1S/C32H33N3O4/c1-19(2)24-15-21(16-27-29(24)39-32(5,6)38-27)28-25(20-10-8-7-9-11-20)18-35(34-28)30(36)33-23-12-13-26-22(14-23)17-31(3,4)37-26/h7-16,18-19H,17H2,1-6H3,(H,33,36). The first kappa shape index (κ1) is 25.0. The average molecular weight is 524 g/mol. The highest BCUT2D eigenvalue weighted by Gasteiger charge is 2.35. The third kappa shape index (κ3) is 4.73. The summed E-state index contributed by atoms with van der Waals surface area (Å²) in [5.41, 5.74) is 5.93. The number of ether oxygens (including phenoxy) is 3. The largest absolute Gasteiger partial charge is 0.487 e. The zero-order chi connectivity index (χ0) is 27.5. The Morgan fingerprint density at radius 3 is 2.44 bits per heavy atom. The molecule has 3 heterocycles. The maximum Gasteiger partial charge on any atom is 0.346 e. The van der Waals surface area contributed by atoms with Gasteiger partial charge in [0.1, 0.15) is 17.0 Å². The first-order valence-electron chi connectivity index (χ1n) is 13.3. The van der Waals surface area contributed by atoms with Gasteiger partial charge in [-0.05, 0) is 55.7 Å². The van der Waals surface area contributed by atoms with Crippen LogP contribution in [0, 0.1) is 0 Å². The number of nitrogens with zero attached hydrogens (tertiary/aromatic N) is 2. The van der Waals surface area contributed by atoms with Crippen molar-refractivity contribution in [2.45, 2.75) is 65.3 Å². The fourth-order valence-corrected chi connectivity index (χ4v) is 5.29. The van der Waals surface area contributed by atoms with E-state index in [-0.39, 0.29) is 17.6 Å². The van der Waals surface area contributed by atoms with Crippen LogP contribution in [0.2, 0.25) is 0 Å². The van der Waals surface area contributed by atoms with Crippen molar-refractivity contribution >= 4 is 11.7 Å². The summed E-state index contributed by atoms with van der Waals surface area (Å²) in [5.74, 6) is 1.76. The van der Waals surface area contributed by atoms with E-state index in [9.17, 15) is 4.79 Å². The lowest BCUT2D eigenvalue weighted by atomic mass is 9.95. The van der Waals surface area contributed by atoms with Gasteiger partial charge in [0.2, 0.25) is 5.79 Å². The van der Waals surface area contributed by atoms with Gasteiger partial charge in [0.25, 0.3) is 0 Å². The lowest BCUT2D eigenvalue weighted by Gasteiger charge is -2.17. The first-order chi connectivity index (χ1) is 18.5. The number of fused-ring (bicyclic) bond motifs is 2. The molecule has 0 bridgehead atoms. The second kappa shape index (κ2) is 8.90. The van der Waals surface area contributed by atoms with E-state index in [0.717, 1.165) is 45.7 Å². The minimum absolute atomic E-state index is 0.204. The molecule has 1 N–H and O–H groups in total. The van der Waals surface area contributed by atoms with Gasteiger partial charge in [-0.2, -0.15) is 9.78 Å². The van der Waals surface area contributed by atoms with E-state index in [1.54, 1.807) is 6.20 Å². The summed E-state index contributed by atoms with van der Waals surface area (Å²) < 4.78 is 19.6. The Morgan fingerprint density at radius 1 is 0.923 bits per heavy atom. The van der Waals surface area contributed by atoms with Crippen molar-refractivity contribution < 1.29 is 19.0 Å². The van der Waals surface area contributed by atoms with Crippen LogP contribution in [0.4, 0.5) is 10.5 Å². The molecule has 7 heteroatoms. The maximum atomic E-state index is 13.4. The number of amides is 1. The fraction of sp³-hybridized carbons (Fsp3) is 0.312. The lowest BCUT2D eigenvalue weighted by molar-refractivity contribution is -0.0435. The van der Waals surface area contributed by atoms with Gasteiger partial charge in [-0.15, -0.1) is 0 Å². The van der Waals surface area contributed by atoms with Crippen molar-refractivity contribution in [3.63, 3.8) is 0 Å². The number of carbonyl (C=O) groups is 1. The van der Waals surface area contributed by atoms with Crippen LogP contribution in [-0.4, -0.2) is 27.2 Å². The second-order valence-electron chi connectivity index (χ2n) is 11.6. The highest BCUT2D eigenvalue weighted by atomic mass is 16.7. The molecule has 0 spiro atoms. The van der Waals surface area contributed by atoms with E-state index in [0.29, 0.717) is 17.1 Å². The molecular weight excluding hydrogens is 490 g/mol. The topological polar surface area (TPSA) is 74.6 Å². The van der Waals surface area contributed by atoms with Gasteiger partial charge in [-0.25, -0.2) is 4.79 Å². The molecule has 3 aromatic carbocycles. The summed E-state index contributed by atoms with van der Waals surface area (Å²) >= 11 is 0. The van der Waals surface area contributed by atoms with Crippen molar-refractivity contribution in [2.75, 3.05) is 5.32 Å². The molecule has 7 nitrogen and oxygen atoms in total. The van der Waals surface area contributed by atoms with Crippen molar-refractivity contribution in [2.24, 2.45) is 0 Å². The summed E-state index contributed by atoms with van der Waals surface area (Å²) in [6.07, 6.45) is 2.57. The van der Waals surface area contributed by atoms with Crippen LogP contribution in [0.25, 0.3) is 22.4 Å². The van der Waals surface area contributed by atoms with E-state index in [1.165, 1.54) is 4.68 Å². The number of benzene rings is 3. The van der Waals surface area contributed by atoms with Crippen LogP contribution < -0.4 is 19.5 Å². The van der Waals surface area contributed by atoms with E-state index < -0.39 is 5.79 Å². The molecular formula is C32H33N3O4. The monoisotopic (exact) mass is 523 g/mol. The van der Waals surface area contributed by atoms with Crippen LogP contribution in [0.5, 0.6) is 17.2 Å². The van der Waals surface area contributed by atoms with Gasteiger partial charge < -0.3 is 19.5 Å². The smallest absolute Gasteiger partial charge is 0.346 e. The molecule has 0 saturated carbocycles. The second-order valence-corrected chi connectivity index (χ2v) is 11.6. The lowest BCUT2D eigenvalue weighted by Crippen LogP contribution is -2.29. The fourth-order valence-electron chi connectivity index (χ4n) is 5.29. The Morgan fingerprint density at radius 2 is 1.69 bits per heavy atom. The zero-order valence-corrected chi connectivity index (χ0v) is 23.2. The van der Waals surface area contributed by atoms with Gasteiger partial charge in [-0.3, -0.25) is 0 Å². The predicted octanol–water partition coefficient (Wildman–Crippen LogP) is 7.64. The maximum absolute atomic E-state index is 13.4. The predicted molar refractivity (Wildman–Crippen MR) is 152 cm³/mol. The number of rotatable bonds is 4. The molecule has 1 aromatic heterocycles. The minimum Gasteiger partial charge on any atom is -0.487 e. The average Bonchev–Trinajstić information content (AvgIpc) is 3.54. The SMILES string of the molecule is CC(C)c1cc(-c2nn(C(=O)Nc3ccc4c(c3)CC(C)(C)O4)cc2-c2ccccc2)cc2c1OC(C)(C)O2. The van der Waals surface area contributed by atoms with Crippen LogP contribution in [0.1, 0.15) is 58.6 Å². The molecule has 4 aromatic rings. The Kier molecular flexibility index (Phi) is 5.72. The molecule has 2 aliphatic heterocycles. The number of hydrogen-bond donors (Lipinski definition) is 1. The minimum atomic E-state index is -0.748. The number of nitrogens with one attached hydrogen (secondary N) is 1. The molecule has 200 valence electrons. The first-order valence-corrected chi connectivity index (χ1v) is 13.3. The van der Waals surface area contributed by atoms with E-state index in [1.807, 2.05) is 68.4 Å². The number of carbonyl (C=O) groups excluding carboxylic acids is 1.